The summed E-state index contributed by atoms with van der Waals surface area (Å²) in [6.07, 6.45) is 0. The van der Waals surface area contributed by atoms with E-state index in [1.165, 1.54) is 6.92 Å². The number of carbonyl (C=O) groups excluding carboxylic acids is 1. The molecular formula is C11H13NO4S. The average Bonchev–Trinajstić information content (AvgIpc) is 2.28. The molecule has 0 aliphatic rings. The SMILES string of the molecule is CC(=O)NC(CS(=O)c1ccccc1)C(=O)O. The highest BCUT2D eigenvalue weighted by Gasteiger charge is 2.21. The molecule has 0 radical (unpaired) electrons. The van der Waals surface area contributed by atoms with Gasteiger partial charge in [-0.05, 0) is 12.1 Å². The molecule has 0 heterocycles. The molecule has 2 unspecified atom stereocenters. The van der Waals surface area contributed by atoms with Gasteiger partial charge in [0.05, 0.1) is 16.6 Å². The lowest BCUT2D eigenvalue weighted by atomic mass is 10.3. The van der Waals surface area contributed by atoms with Crippen LogP contribution >= 0.6 is 0 Å². The Morgan fingerprint density at radius 1 is 1.35 bits per heavy atom. The maximum absolute atomic E-state index is 11.8. The van der Waals surface area contributed by atoms with Crippen molar-refractivity contribution in [3.05, 3.63) is 30.3 Å². The number of carboxylic acids is 1. The largest absolute Gasteiger partial charge is 0.480 e. The zero-order chi connectivity index (χ0) is 12.8. The van der Waals surface area contributed by atoms with E-state index >= 15 is 0 Å². The lowest BCUT2D eigenvalue weighted by molar-refractivity contribution is -0.140. The molecule has 0 aliphatic carbocycles. The fraction of sp³-hybridized carbons (Fsp3) is 0.273. The minimum Gasteiger partial charge on any atom is -0.480 e. The van der Waals surface area contributed by atoms with Crippen molar-refractivity contribution in [1.29, 1.82) is 0 Å². The maximum Gasteiger partial charge on any atom is 0.327 e. The molecule has 6 heteroatoms. The van der Waals surface area contributed by atoms with Crippen LogP contribution in [-0.2, 0) is 20.4 Å². The van der Waals surface area contributed by atoms with E-state index in [1.54, 1.807) is 30.3 Å². The molecule has 0 aliphatic heterocycles. The molecule has 0 bridgehead atoms. The summed E-state index contributed by atoms with van der Waals surface area (Å²) < 4.78 is 11.8. The standard InChI is InChI=1S/C11H13NO4S/c1-8(13)12-10(11(14)15)7-17(16)9-5-3-2-4-6-9/h2-6,10H,7H2,1H3,(H,12,13)(H,14,15). The first kappa shape index (κ1) is 13.4. The normalized spacial score (nSPS) is 13.7. The maximum atomic E-state index is 11.8. The van der Waals surface area contributed by atoms with E-state index in [1.807, 2.05) is 0 Å². The van der Waals surface area contributed by atoms with Crippen molar-refractivity contribution in [1.82, 2.24) is 5.32 Å². The van der Waals surface area contributed by atoms with Crippen molar-refractivity contribution in [2.45, 2.75) is 17.9 Å². The van der Waals surface area contributed by atoms with E-state index < -0.39 is 28.7 Å². The van der Waals surface area contributed by atoms with Crippen LogP contribution in [0.2, 0.25) is 0 Å². The quantitative estimate of drug-likeness (QED) is 0.797. The summed E-state index contributed by atoms with van der Waals surface area (Å²) in [4.78, 5) is 22.2. The summed E-state index contributed by atoms with van der Waals surface area (Å²) >= 11 is 0. The Morgan fingerprint density at radius 3 is 2.41 bits per heavy atom. The van der Waals surface area contributed by atoms with Gasteiger partial charge in [-0.2, -0.15) is 0 Å². The van der Waals surface area contributed by atoms with Gasteiger partial charge in [0.2, 0.25) is 5.91 Å². The van der Waals surface area contributed by atoms with Gasteiger partial charge in [-0.1, -0.05) is 18.2 Å². The molecular weight excluding hydrogens is 242 g/mol. The van der Waals surface area contributed by atoms with Crippen molar-refractivity contribution < 1.29 is 18.9 Å². The van der Waals surface area contributed by atoms with Crippen LogP contribution in [0.25, 0.3) is 0 Å². The Hall–Kier alpha value is -1.69. The van der Waals surface area contributed by atoms with Crippen molar-refractivity contribution in [2.75, 3.05) is 5.75 Å². The molecule has 0 spiro atoms. The van der Waals surface area contributed by atoms with Gasteiger partial charge >= 0.3 is 5.97 Å². The van der Waals surface area contributed by atoms with Gasteiger partial charge in [-0.25, -0.2) is 4.79 Å². The predicted molar refractivity (Wildman–Crippen MR) is 63.0 cm³/mol. The summed E-state index contributed by atoms with van der Waals surface area (Å²) in [6.45, 7) is 1.22. The fourth-order valence-electron chi connectivity index (χ4n) is 1.24. The molecule has 0 aromatic heterocycles. The molecule has 1 amide bonds. The van der Waals surface area contributed by atoms with Gasteiger partial charge < -0.3 is 10.4 Å². The van der Waals surface area contributed by atoms with Crippen LogP contribution in [0.15, 0.2) is 35.2 Å². The highest BCUT2D eigenvalue weighted by molar-refractivity contribution is 7.85. The van der Waals surface area contributed by atoms with Crippen molar-refractivity contribution in [3.8, 4) is 0 Å². The number of hydrogen-bond donors (Lipinski definition) is 2. The first-order valence-corrected chi connectivity index (χ1v) is 6.26. The summed E-state index contributed by atoms with van der Waals surface area (Å²) in [7, 11) is -1.45. The van der Waals surface area contributed by atoms with Crippen LogP contribution in [0.4, 0.5) is 0 Å². The van der Waals surface area contributed by atoms with E-state index in [4.69, 9.17) is 5.11 Å². The topological polar surface area (TPSA) is 83.5 Å². The van der Waals surface area contributed by atoms with Crippen molar-refractivity contribution >= 4 is 22.7 Å². The summed E-state index contributed by atoms with van der Waals surface area (Å²) in [5, 5.41) is 11.1. The Morgan fingerprint density at radius 2 is 1.94 bits per heavy atom. The number of benzene rings is 1. The second-order valence-electron chi connectivity index (χ2n) is 3.42. The number of hydrogen-bond acceptors (Lipinski definition) is 3. The zero-order valence-electron chi connectivity index (χ0n) is 9.25. The average molecular weight is 255 g/mol. The van der Waals surface area contributed by atoms with E-state index in [0.717, 1.165) is 0 Å². The highest BCUT2D eigenvalue weighted by atomic mass is 32.2. The Balaban J connectivity index is 2.71. The summed E-state index contributed by atoms with van der Waals surface area (Å²) in [6, 6.07) is 7.41. The van der Waals surface area contributed by atoms with Crippen LogP contribution in [-0.4, -0.2) is 33.0 Å². The third-order valence-electron chi connectivity index (χ3n) is 2.00. The monoisotopic (exact) mass is 255 g/mol. The molecule has 0 fully saturated rings. The van der Waals surface area contributed by atoms with Gasteiger partial charge in [0.1, 0.15) is 6.04 Å². The van der Waals surface area contributed by atoms with Crippen LogP contribution in [0.3, 0.4) is 0 Å². The molecule has 2 atom stereocenters. The van der Waals surface area contributed by atoms with Crippen molar-refractivity contribution in [3.63, 3.8) is 0 Å². The molecule has 1 aromatic rings. The number of carbonyl (C=O) groups is 2. The smallest absolute Gasteiger partial charge is 0.327 e. The third kappa shape index (κ3) is 4.36. The summed E-state index contributed by atoms with van der Waals surface area (Å²) in [5.74, 6) is -1.79. The molecule has 17 heavy (non-hydrogen) atoms. The van der Waals surface area contributed by atoms with E-state index in [9.17, 15) is 13.8 Å². The Kier molecular flexibility index (Phi) is 4.84. The summed E-state index contributed by atoms with van der Waals surface area (Å²) in [5.41, 5.74) is 0. The predicted octanol–water partition coefficient (Wildman–Crippen LogP) is 0.383. The Bertz CT molecular complexity index is 432. The molecule has 92 valence electrons. The van der Waals surface area contributed by atoms with Gasteiger partial charge in [0.15, 0.2) is 0 Å². The molecule has 5 nitrogen and oxygen atoms in total. The minimum absolute atomic E-state index is 0.140. The number of amides is 1. The number of carboxylic acid groups (broad SMARTS) is 1. The number of aliphatic carboxylic acids is 1. The zero-order valence-corrected chi connectivity index (χ0v) is 10.1. The fourth-order valence-corrected chi connectivity index (χ4v) is 2.42. The lowest BCUT2D eigenvalue weighted by Gasteiger charge is -2.12. The van der Waals surface area contributed by atoms with Crippen LogP contribution in [0.5, 0.6) is 0 Å². The first-order valence-electron chi connectivity index (χ1n) is 4.94. The second kappa shape index (κ2) is 6.15. The third-order valence-corrected chi connectivity index (χ3v) is 3.43. The van der Waals surface area contributed by atoms with E-state index in [2.05, 4.69) is 5.32 Å². The molecule has 1 aromatic carbocycles. The van der Waals surface area contributed by atoms with Gasteiger partial charge in [-0.15, -0.1) is 0 Å². The van der Waals surface area contributed by atoms with Crippen LogP contribution < -0.4 is 5.32 Å². The van der Waals surface area contributed by atoms with Crippen molar-refractivity contribution in [2.24, 2.45) is 0 Å². The van der Waals surface area contributed by atoms with Crippen LogP contribution in [0, 0.1) is 0 Å². The first-order chi connectivity index (χ1) is 8.00. The van der Waals surface area contributed by atoms with Gasteiger partial charge in [0, 0.05) is 11.8 Å². The molecule has 2 N–H and O–H groups in total. The van der Waals surface area contributed by atoms with Crippen LogP contribution in [0.1, 0.15) is 6.92 Å². The van der Waals surface area contributed by atoms with Gasteiger partial charge in [0.25, 0.3) is 0 Å². The van der Waals surface area contributed by atoms with Gasteiger partial charge in [-0.3, -0.25) is 9.00 Å². The van der Waals surface area contributed by atoms with E-state index in [-0.39, 0.29) is 5.75 Å². The Labute approximate surface area is 101 Å². The molecule has 1 rings (SSSR count). The minimum atomic E-state index is -1.45. The second-order valence-corrected chi connectivity index (χ2v) is 4.91. The number of nitrogens with one attached hydrogen (secondary N) is 1. The number of rotatable bonds is 5. The van der Waals surface area contributed by atoms with E-state index in [0.29, 0.717) is 4.90 Å². The highest BCUT2D eigenvalue weighted by Crippen LogP contribution is 2.06. The molecule has 0 saturated carbocycles. The molecule has 0 saturated heterocycles. The lowest BCUT2D eigenvalue weighted by Crippen LogP contribution is -2.43.